The highest BCUT2D eigenvalue weighted by molar-refractivity contribution is 6.33. The van der Waals surface area contributed by atoms with Gasteiger partial charge in [0.1, 0.15) is 0 Å². The van der Waals surface area contributed by atoms with Crippen LogP contribution in [0.25, 0.3) is 0 Å². The quantitative estimate of drug-likeness (QED) is 0.610. The van der Waals surface area contributed by atoms with Gasteiger partial charge in [0.2, 0.25) is 0 Å². The predicted molar refractivity (Wildman–Crippen MR) is 64.5 cm³/mol. The Morgan fingerprint density at radius 2 is 2.14 bits per heavy atom. The van der Waals surface area contributed by atoms with E-state index in [1.807, 2.05) is 25.1 Å². The van der Waals surface area contributed by atoms with Crippen LogP contribution in [0.5, 0.6) is 0 Å². The summed E-state index contributed by atoms with van der Waals surface area (Å²) >= 11 is 5.90. The maximum atomic E-state index is 5.90. The summed E-state index contributed by atoms with van der Waals surface area (Å²) in [5.74, 6) is 0.385. The Hall–Kier alpha value is -0.930. The molecule has 0 unspecified atom stereocenters. The highest BCUT2D eigenvalue weighted by atomic mass is 35.5. The molecule has 0 spiro atoms. The molecule has 1 aromatic carbocycles. The van der Waals surface area contributed by atoms with Crippen LogP contribution in [0.1, 0.15) is 6.92 Å². The second kappa shape index (κ2) is 6.51. The number of nitrogens with two attached hydrogens (primary N) is 1. The Morgan fingerprint density at radius 3 is 2.71 bits per heavy atom. The smallest absolute Gasteiger partial charge is 0.193 e. The van der Waals surface area contributed by atoms with Crippen molar-refractivity contribution in [3.05, 3.63) is 29.3 Å². The Kier molecular flexibility index (Phi) is 6.08. The Morgan fingerprint density at radius 1 is 1.50 bits per heavy atom. The number of anilines is 1. The third kappa shape index (κ3) is 3.85. The maximum Gasteiger partial charge on any atom is 0.193 e. The SMILES string of the molecule is CCN=C(N)Nc1ccccc1Cl.Cl. The summed E-state index contributed by atoms with van der Waals surface area (Å²) < 4.78 is 0. The molecule has 0 aliphatic heterocycles. The second-order valence-corrected chi connectivity index (χ2v) is 2.87. The molecule has 1 aromatic rings. The van der Waals surface area contributed by atoms with E-state index in [0.29, 0.717) is 17.5 Å². The maximum absolute atomic E-state index is 5.90. The van der Waals surface area contributed by atoms with E-state index in [9.17, 15) is 0 Å². The Balaban J connectivity index is 0.00000169. The molecule has 0 atom stereocenters. The Labute approximate surface area is 94.8 Å². The molecule has 0 saturated heterocycles. The molecular weight excluding hydrogens is 221 g/mol. The van der Waals surface area contributed by atoms with Crippen molar-refractivity contribution in [3.8, 4) is 0 Å². The minimum Gasteiger partial charge on any atom is -0.370 e. The minimum absolute atomic E-state index is 0. The molecule has 3 nitrogen and oxygen atoms in total. The largest absolute Gasteiger partial charge is 0.370 e. The van der Waals surface area contributed by atoms with Crippen LogP contribution in [0.2, 0.25) is 5.02 Å². The van der Waals surface area contributed by atoms with Crippen molar-refractivity contribution in [3.63, 3.8) is 0 Å². The van der Waals surface area contributed by atoms with Gasteiger partial charge in [0.25, 0.3) is 0 Å². The first-order valence-corrected chi connectivity index (χ1v) is 4.43. The van der Waals surface area contributed by atoms with Gasteiger partial charge in [-0.1, -0.05) is 23.7 Å². The lowest BCUT2D eigenvalue weighted by Crippen LogP contribution is -2.22. The zero-order valence-corrected chi connectivity index (χ0v) is 9.40. The van der Waals surface area contributed by atoms with Crippen molar-refractivity contribution < 1.29 is 0 Å². The molecule has 0 amide bonds. The van der Waals surface area contributed by atoms with Crippen molar-refractivity contribution in [2.75, 3.05) is 11.9 Å². The molecule has 0 saturated carbocycles. The molecule has 78 valence electrons. The van der Waals surface area contributed by atoms with Gasteiger partial charge in [-0.2, -0.15) is 0 Å². The first-order valence-electron chi connectivity index (χ1n) is 4.05. The fourth-order valence-electron chi connectivity index (χ4n) is 0.910. The first kappa shape index (κ1) is 13.1. The summed E-state index contributed by atoms with van der Waals surface area (Å²) in [6.45, 7) is 2.57. The standard InChI is InChI=1S/C9H12ClN3.ClH/c1-2-12-9(11)13-8-6-4-3-5-7(8)10;/h3-6H,2H2,1H3,(H3,11,12,13);1H. The van der Waals surface area contributed by atoms with Crippen molar-refractivity contribution in [1.29, 1.82) is 0 Å². The van der Waals surface area contributed by atoms with Gasteiger partial charge >= 0.3 is 0 Å². The van der Waals surface area contributed by atoms with Crippen LogP contribution in [-0.2, 0) is 0 Å². The van der Waals surface area contributed by atoms with Gasteiger partial charge in [-0.3, -0.25) is 4.99 Å². The number of benzene rings is 1. The van der Waals surface area contributed by atoms with Gasteiger partial charge in [0.15, 0.2) is 5.96 Å². The van der Waals surface area contributed by atoms with E-state index in [1.54, 1.807) is 6.07 Å². The third-order valence-corrected chi connectivity index (χ3v) is 1.79. The molecule has 3 N–H and O–H groups in total. The van der Waals surface area contributed by atoms with Crippen LogP contribution < -0.4 is 11.1 Å². The average Bonchev–Trinajstić information content (AvgIpc) is 2.09. The van der Waals surface area contributed by atoms with E-state index in [4.69, 9.17) is 17.3 Å². The number of nitrogens with one attached hydrogen (secondary N) is 1. The molecule has 0 aliphatic rings. The lowest BCUT2D eigenvalue weighted by Gasteiger charge is -2.06. The van der Waals surface area contributed by atoms with Crippen molar-refractivity contribution in [2.45, 2.75) is 6.92 Å². The number of aliphatic imine (C=N–C) groups is 1. The van der Waals surface area contributed by atoms with Crippen LogP contribution in [-0.4, -0.2) is 12.5 Å². The number of halogens is 2. The molecule has 1 rings (SSSR count). The van der Waals surface area contributed by atoms with Gasteiger partial charge in [0.05, 0.1) is 10.7 Å². The zero-order chi connectivity index (χ0) is 9.68. The van der Waals surface area contributed by atoms with Crippen LogP contribution in [0.3, 0.4) is 0 Å². The van der Waals surface area contributed by atoms with Crippen molar-refractivity contribution in [2.24, 2.45) is 10.7 Å². The summed E-state index contributed by atoms with van der Waals surface area (Å²) in [5, 5.41) is 3.54. The van der Waals surface area contributed by atoms with Gasteiger partial charge in [0, 0.05) is 6.54 Å². The highest BCUT2D eigenvalue weighted by Crippen LogP contribution is 2.19. The predicted octanol–water partition coefficient (Wildman–Crippen LogP) is 2.51. The highest BCUT2D eigenvalue weighted by Gasteiger charge is 1.98. The normalized spacial score (nSPS) is 10.6. The van der Waals surface area contributed by atoms with E-state index >= 15 is 0 Å². The Bertz CT molecular complexity index is 313. The fourth-order valence-corrected chi connectivity index (χ4v) is 1.09. The topological polar surface area (TPSA) is 50.4 Å². The number of hydrogen-bond donors (Lipinski definition) is 2. The minimum atomic E-state index is 0. The number of nitrogens with zero attached hydrogens (tertiary/aromatic N) is 1. The summed E-state index contributed by atoms with van der Waals surface area (Å²) in [4.78, 5) is 3.99. The second-order valence-electron chi connectivity index (χ2n) is 2.46. The van der Waals surface area contributed by atoms with Crippen molar-refractivity contribution in [1.82, 2.24) is 0 Å². The molecule has 0 aromatic heterocycles. The molecule has 0 radical (unpaired) electrons. The van der Waals surface area contributed by atoms with E-state index in [2.05, 4.69) is 10.3 Å². The van der Waals surface area contributed by atoms with Gasteiger partial charge in [-0.25, -0.2) is 0 Å². The summed E-state index contributed by atoms with van der Waals surface area (Å²) in [6, 6.07) is 7.39. The molecule has 0 aliphatic carbocycles. The lowest BCUT2D eigenvalue weighted by molar-refractivity contribution is 1.12. The van der Waals surface area contributed by atoms with E-state index in [0.717, 1.165) is 5.69 Å². The van der Waals surface area contributed by atoms with E-state index in [-0.39, 0.29) is 12.4 Å². The van der Waals surface area contributed by atoms with Crippen LogP contribution >= 0.6 is 24.0 Å². The molecular formula is C9H13Cl2N3. The number of para-hydroxylation sites is 1. The average molecular weight is 234 g/mol. The van der Waals surface area contributed by atoms with Crippen molar-refractivity contribution >= 4 is 35.7 Å². The third-order valence-electron chi connectivity index (χ3n) is 1.47. The van der Waals surface area contributed by atoms with Gasteiger partial charge < -0.3 is 11.1 Å². The molecule has 0 fully saturated rings. The number of hydrogen-bond acceptors (Lipinski definition) is 1. The van der Waals surface area contributed by atoms with E-state index < -0.39 is 0 Å². The summed E-state index contributed by atoms with van der Waals surface area (Å²) in [5.41, 5.74) is 6.34. The number of rotatable bonds is 2. The molecule has 14 heavy (non-hydrogen) atoms. The van der Waals surface area contributed by atoms with Crippen LogP contribution in [0.15, 0.2) is 29.3 Å². The molecule has 0 heterocycles. The molecule has 5 heteroatoms. The zero-order valence-electron chi connectivity index (χ0n) is 7.83. The fraction of sp³-hybridized carbons (Fsp3) is 0.222. The van der Waals surface area contributed by atoms with Crippen LogP contribution in [0.4, 0.5) is 5.69 Å². The summed E-state index contributed by atoms with van der Waals surface area (Å²) in [6.07, 6.45) is 0. The monoisotopic (exact) mass is 233 g/mol. The first-order chi connectivity index (χ1) is 6.24. The lowest BCUT2D eigenvalue weighted by atomic mass is 10.3. The van der Waals surface area contributed by atoms with Crippen LogP contribution in [0, 0.1) is 0 Å². The van der Waals surface area contributed by atoms with Gasteiger partial charge in [-0.15, -0.1) is 12.4 Å². The van der Waals surface area contributed by atoms with E-state index in [1.165, 1.54) is 0 Å². The summed E-state index contributed by atoms with van der Waals surface area (Å²) in [7, 11) is 0. The molecule has 0 bridgehead atoms. The number of guanidine groups is 1. The van der Waals surface area contributed by atoms with Gasteiger partial charge in [-0.05, 0) is 19.1 Å².